The van der Waals surface area contributed by atoms with Gasteiger partial charge in [0.25, 0.3) is 0 Å². The lowest BCUT2D eigenvalue weighted by atomic mass is 9.96. The van der Waals surface area contributed by atoms with Crippen molar-refractivity contribution in [2.24, 2.45) is 7.05 Å². The van der Waals surface area contributed by atoms with Crippen LogP contribution in [0.5, 0.6) is 0 Å². The first-order chi connectivity index (χ1) is 14.6. The monoisotopic (exact) mass is 405 g/mol. The minimum Gasteiger partial charge on any atom is -0.383 e. The highest BCUT2D eigenvalue weighted by atomic mass is 16.2. The summed E-state index contributed by atoms with van der Waals surface area (Å²) in [6.45, 7) is 5.01. The van der Waals surface area contributed by atoms with Gasteiger partial charge in [-0.1, -0.05) is 19.4 Å². The van der Waals surface area contributed by atoms with Gasteiger partial charge in [-0.3, -0.25) is 9.48 Å². The van der Waals surface area contributed by atoms with Gasteiger partial charge >= 0.3 is 0 Å². The quantitative estimate of drug-likeness (QED) is 0.673. The van der Waals surface area contributed by atoms with Crippen molar-refractivity contribution in [1.29, 1.82) is 0 Å². The molecule has 3 aromatic heterocycles. The highest BCUT2D eigenvalue weighted by Crippen LogP contribution is 2.42. The maximum absolute atomic E-state index is 12.2. The number of hydrogen-bond donors (Lipinski definition) is 1. The van der Waals surface area contributed by atoms with Gasteiger partial charge in [0, 0.05) is 49.1 Å². The third kappa shape index (κ3) is 2.89. The number of carbonyl (C=O) groups is 1. The lowest BCUT2D eigenvalue weighted by molar-refractivity contribution is -0.125. The Morgan fingerprint density at radius 2 is 2.07 bits per heavy atom. The molecule has 1 amide bonds. The van der Waals surface area contributed by atoms with Crippen LogP contribution in [0.4, 0.5) is 5.82 Å². The summed E-state index contributed by atoms with van der Waals surface area (Å²) in [5.41, 5.74) is 10.4. The van der Waals surface area contributed by atoms with E-state index in [-0.39, 0.29) is 11.8 Å². The van der Waals surface area contributed by atoms with Gasteiger partial charge < -0.3 is 15.2 Å². The summed E-state index contributed by atoms with van der Waals surface area (Å²) >= 11 is 0. The number of anilines is 1. The molecule has 0 aromatic carbocycles. The van der Waals surface area contributed by atoms with Crippen molar-refractivity contribution in [2.45, 2.75) is 44.1 Å². The van der Waals surface area contributed by atoms with Crippen molar-refractivity contribution in [3.63, 3.8) is 0 Å². The second-order valence-electron chi connectivity index (χ2n) is 8.40. The van der Waals surface area contributed by atoms with Crippen molar-refractivity contribution in [1.82, 2.24) is 29.2 Å². The Balaban J connectivity index is 1.64. The van der Waals surface area contributed by atoms with Gasteiger partial charge in [-0.25, -0.2) is 9.97 Å². The molecule has 1 aliphatic carbocycles. The third-order valence-corrected chi connectivity index (χ3v) is 6.69. The van der Waals surface area contributed by atoms with Gasteiger partial charge in [0.1, 0.15) is 17.8 Å². The highest BCUT2D eigenvalue weighted by molar-refractivity contribution is 6.02. The minimum atomic E-state index is -0.0221. The van der Waals surface area contributed by atoms with Crippen molar-refractivity contribution in [3.05, 3.63) is 37.1 Å². The van der Waals surface area contributed by atoms with Gasteiger partial charge in [-0.05, 0) is 25.3 Å². The summed E-state index contributed by atoms with van der Waals surface area (Å²) in [4.78, 5) is 22.8. The van der Waals surface area contributed by atoms with Crippen molar-refractivity contribution >= 4 is 22.8 Å². The van der Waals surface area contributed by atoms with Crippen LogP contribution in [0, 0.1) is 0 Å². The van der Waals surface area contributed by atoms with E-state index in [1.54, 1.807) is 0 Å². The normalized spacial score (nSPS) is 19.8. The van der Waals surface area contributed by atoms with Gasteiger partial charge in [0.05, 0.1) is 17.6 Å². The highest BCUT2D eigenvalue weighted by Gasteiger charge is 2.33. The summed E-state index contributed by atoms with van der Waals surface area (Å²) in [5, 5.41) is 5.56. The van der Waals surface area contributed by atoms with Crippen LogP contribution in [0.25, 0.3) is 22.2 Å². The summed E-state index contributed by atoms with van der Waals surface area (Å²) in [5.74, 6) is 0.644. The fourth-order valence-corrected chi connectivity index (χ4v) is 5.21. The Morgan fingerprint density at radius 3 is 2.83 bits per heavy atom. The Bertz CT molecular complexity index is 1120. The SMILES string of the molecule is C=CC(=O)N1CCC(c2c(-c3cnn(C4CCCC4)c3)c3c(N)ncnc3n2C)C1. The average molecular weight is 406 g/mol. The van der Waals surface area contributed by atoms with Crippen LogP contribution < -0.4 is 5.73 Å². The molecule has 5 rings (SSSR count). The molecular formula is C22H27N7O. The summed E-state index contributed by atoms with van der Waals surface area (Å²) in [6, 6.07) is 0.470. The second kappa shape index (κ2) is 7.27. The van der Waals surface area contributed by atoms with Crippen LogP contribution in [0.1, 0.15) is 49.8 Å². The molecule has 0 bridgehead atoms. The lowest BCUT2D eigenvalue weighted by Crippen LogP contribution is -2.26. The van der Waals surface area contributed by atoms with E-state index in [0.717, 1.165) is 40.8 Å². The van der Waals surface area contributed by atoms with E-state index in [1.165, 1.54) is 38.1 Å². The Morgan fingerprint density at radius 1 is 1.27 bits per heavy atom. The summed E-state index contributed by atoms with van der Waals surface area (Å²) in [6.07, 6.45) is 12.7. The molecule has 0 spiro atoms. The Kier molecular flexibility index (Phi) is 4.56. The molecule has 1 unspecified atom stereocenters. The molecule has 8 heteroatoms. The van der Waals surface area contributed by atoms with Gasteiger partial charge in [0.2, 0.25) is 5.91 Å². The van der Waals surface area contributed by atoms with E-state index >= 15 is 0 Å². The van der Waals surface area contributed by atoms with Gasteiger partial charge in [-0.15, -0.1) is 0 Å². The van der Waals surface area contributed by atoms with Crippen LogP contribution in [-0.4, -0.2) is 48.2 Å². The third-order valence-electron chi connectivity index (χ3n) is 6.69. The number of nitrogens with zero attached hydrogens (tertiary/aromatic N) is 6. The molecule has 2 aliphatic rings. The number of likely N-dealkylation sites (tertiary alicyclic amines) is 1. The second-order valence-corrected chi connectivity index (χ2v) is 8.40. The molecule has 1 saturated heterocycles. The van der Waals surface area contributed by atoms with Crippen LogP contribution in [-0.2, 0) is 11.8 Å². The number of nitrogens with two attached hydrogens (primary N) is 1. The van der Waals surface area contributed by atoms with Gasteiger partial charge in [-0.2, -0.15) is 5.10 Å². The number of aromatic nitrogens is 5. The predicted octanol–water partition coefficient (Wildman–Crippen LogP) is 3.03. The summed E-state index contributed by atoms with van der Waals surface area (Å²) in [7, 11) is 2.02. The first-order valence-electron chi connectivity index (χ1n) is 10.6. The van der Waals surface area contributed by atoms with Crippen molar-refractivity contribution in [2.75, 3.05) is 18.8 Å². The molecular weight excluding hydrogens is 378 g/mol. The molecule has 1 saturated carbocycles. The van der Waals surface area contributed by atoms with E-state index < -0.39 is 0 Å². The van der Waals surface area contributed by atoms with Crippen molar-refractivity contribution in [3.8, 4) is 11.1 Å². The Labute approximate surface area is 175 Å². The predicted molar refractivity (Wildman–Crippen MR) is 116 cm³/mol. The zero-order valence-electron chi connectivity index (χ0n) is 17.3. The molecule has 4 heterocycles. The van der Waals surface area contributed by atoms with E-state index in [4.69, 9.17) is 10.8 Å². The molecule has 1 atom stereocenters. The first-order valence-corrected chi connectivity index (χ1v) is 10.6. The molecule has 3 aromatic rings. The molecule has 8 nitrogen and oxygen atoms in total. The maximum atomic E-state index is 12.2. The number of hydrogen-bond acceptors (Lipinski definition) is 5. The number of nitrogen functional groups attached to an aromatic ring is 1. The molecule has 1 aliphatic heterocycles. The molecule has 30 heavy (non-hydrogen) atoms. The van der Waals surface area contributed by atoms with Crippen LogP contribution in [0.2, 0.25) is 0 Å². The zero-order chi connectivity index (χ0) is 20.8. The average Bonchev–Trinajstić information content (AvgIpc) is 3.53. The minimum absolute atomic E-state index is 0.0221. The van der Waals surface area contributed by atoms with E-state index in [9.17, 15) is 4.79 Å². The fourth-order valence-electron chi connectivity index (χ4n) is 5.21. The van der Waals surface area contributed by atoms with Gasteiger partial charge in [0.15, 0.2) is 0 Å². The van der Waals surface area contributed by atoms with Crippen molar-refractivity contribution < 1.29 is 4.79 Å². The zero-order valence-corrected chi connectivity index (χ0v) is 17.3. The number of rotatable bonds is 4. The number of amides is 1. The number of aryl methyl sites for hydroxylation is 1. The molecule has 2 N–H and O–H groups in total. The van der Waals surface area contributed by atoms with E-state index in [1.807, 2.05) is 18.1 Å². The van der Waals surface area contributed by atoms with E-state index in [0.29, 0.717) is 18.4 Å². The topological polar surface area (TPSA) is 94.9 Å². The lowest BCUT2D eigenvalue weighted by Gasteiger charge is -2.16. The maximum Gasteiger partial charge on any atom is 0.245 e. The van der Waals surface area contributed by atoms with Crippen LogP contribution >= 0.6 is 0 Å². The Hall–Kier alpha value is -3.16. The summed E-state index contributed by atoms with van der Waals surface area (Å²) < 4.78 is 4.22. The number of fused-ring (bicyclic) bond motifs is 1. The molecule has 0 radical (unpaired) electrons. The van der Waals surface area contributed by atoms with Crippen LogP contribution in [0.15, 0.2) is 31.4 Å². The first kappa shape index (κ1) is 18.8. The van der Waals surface area contributed by atoms with Crippen LogP contribution in [0.3, 0.4) is 0 Å². The van der Waals surface area contributed by atoms with E-state index in [2.05, 4.69) is 32.0 Å². The molecule has 156 valence electrons. The molecule has 2 fully saturated rings. The standard InChI is InChI=1S/C22H27N7O/c1-3-17(30)28-9-8-14(11-28)20-18(19-21(23)24-13-25-22(19)27(20)2)15-10-26-29(12-15)16-6-4-5-7-16/h3,10,12-14,16H,1,4-9,11H2,2H3,(H2,23,24,25). The largest absolute Gasteiger partial charge is 0.383 e. The number of carbonyl (C=O) groups excluding carboxylic acids is 1. The fraction of sp³-hybridized carbons (Fsp3) is 0.455. The smallest absolute Gasteiger partial charge is 0.245 e.